The zero-order chi connectivity index (χ0) is 19.5. The minimum atomic E-state index is 0.199. The summed E-state index contributed by atoms with van der Waals surface area (Å²) < 4.78 is 8.07. The maximum absolute atomic E-state index is 5.58. The molecule has 0 radical (unpaired) electrons. The van der Waals surface area contributed by atoms with E-state index in [4.69, 9.17) is 4.74 Å². The number of hydrogen-bond acceptors (Lipinski definition) is 2. The lowest BCUT2D eigenvalue weighted by atomic mass is 9.59. The van der Waals surface area contributed by atoms with Crippen LogP contribution in [-0.2, 0) is 25.3 Å². The Hall–Kier alpha value is -2.26. The number of aromatic nitrogens is 1. The Morgan fingerprint density at radius 1 is 1.11 bits per heavy atom. The summed E-state index contributed by atoms with van der Waals surface area (Å²) in [5.41, 5.74) is 7.57. The molecule has 5 rings (SSSR count). The van der Waals surface area contributed by atoms with E-state index in [0.717, 1.165) is 25.1 Å². The van der Waals surface area contributed by atoms with E-state index in [0.29, 0.717) is 5.92 Å². The first kappa shape index (κ1) is 17.8. The van der Waals surface area contributed by atoms with E-state index in [-0.39, 0.29) is 5.41 Å². The molecule has 0 amide bonds. The third kappa shape index (κ3) is 2.45. The van der Waals surface area contributed by atoms with E-state index in [2.05, 4.69) is 73.0 Å². The molecular weight excluding hydrogens is 344 g/mol. The Labute approximate surface area is 167 Å². The number of benzene rings is 2. The highest BCUT2D eigenvalue weighted by molar-refractivity contribution is 5.88. The number of hydrogen-bond donors (Lipinski definition) is 0. The Balaban J connectivity index is 1.71. The van der Waals surface area contributed by atoms with E-state index >= 15 is 0 Å². The minimum Gasteiger partial charge on any atom is -0.497 e. The van der Waals surface area contributed by atoms with Crippen LogP contribution in [0.3, 0.4) is 0 Å². The van der Waals surface area contributed by atoms with Crippen LogP contribution in [0.2, 0.25) is 0 Å². The Morgan fingerprint density at radius 2 is 1.93 bits per heavy atom. The topological polar surface area (TPSA) is 17.4 Å². The van der Waals surface area contributed by atoms with Gasteiger partial charge in [-0.3, -0.25) is 0 Å². The van der Waals surface area contributed by atoms with Gasteiger partial charge in [-0.15, -0.1) is 0 Å². The van der Waals surface area contributed by atoms with Crippen LogP contribution in [0.25, 0.3) is 10.9 Å². The highest BCUT2D eigenvalue weighted by Gasteiger charge is 2.48. The molecule has 1 fully saturated rings. The van der Waals surface area contributed by atoms with Gasteiger partial charge in [0.15, 0.2) is 0 Å². The maximum Gasteiger partial charge on any atom is 0.119 e. The molecule has 0 bridgehead atoms. The molecule has 146 valence electrons. The van der Waals surface area contributed by atoms with Crippen molar-refractivity contribution in [3.8, 4) is 5.75 Å². The Morgan fingerprint density at radius 3 is 2.75 bits per heavy atom. The van der Waals surface area contributed by atoms with Gasteiger partial charge in [0.1, 0.15) is 5.75 Å². The Kier molecular flexibility index (Phi) is 4.06. The van der Waals surface area contributed by atoms with E-state index in [1.165, 1.54) is 40.7 Å². The molecule has 1 aliphatic carbocycles. The smallest absolute Gasteiger partial charge is 0.119 e. The number of aryl methyl sites for hydroxylation is 2. The summed E-state index contributed by atoms with van der Waals surface area (Å²) in [6.07, 6.45) is 3.50. The van der Waals surface area contributed by atoms with Crippen LogP contribution in [-0.4, -0.2) is 36.7 Å². The quantitative estimate of drug-likeness (QED) is 0.658. The highest BCUT2D eigenvalue weighted by atomic mass is 16.5. The molecule has 0 N–H and O–H groups in total. The first-order chi connectivity index (χ1) is 13.5. The molecule has 1 aromatic heterocycles. The fraction of sp³-hybridized carbons (Fsp3) is 0.440. The number of likely N-dealkylation sites (tertiary alicyclic amines) is 1. The van der Waals surface area contributed by atoms with Crippen molar-refractivity contribution < 1.29 is 4.74 Å². The molecule has 2 unspecified atom stereocenters. The van der Waals surface area contributed by atoms with Crippen LogP contribution in [0.15, 0.2) is 42.5 Å². The average Bonchev–Trinajstić information content (AvgIpc) is 2.99. The van der Waals surface area contributed by atoms with E-state index in [1.54, 1.807) is 12.7 Å². The fourth-order valence-corrected chi connectivity index (χ4v) is 5.98. The van der Waals surface area contributed by atoms with Crippen molar-refractivity contribution in [2.45, 2.75) is 31.6 Å². The summed E-state index contributed by atoms with van der Waals surface area (Å²) in [6, 6.07) is 15.6. The molecule has 3 nitrogen and oxygen atoms in total. The van der Waals surface area contributed by atoms with E-state index in [1.807, 2.05) is 0 Å². The zero-order valence-corrected chi connectivity index (χ0v) is 17.5. The van der Waals surface area contributed by atoms with Gasteiger partial charge in [0, 0.05) is 30.1 Å². The number of methoxy groups -OCH3 is 1. The fourth-order valence-electron chi connectivity index (χ4n) is 5.98. The van der Waals surface area contributed by atoms with Gasteiger partial charge in [-0.25, -0.2) is 0 Å². The standard InChI is InChI=1S/C25H30N2O/c1-17-7-5-10-21-22-14-19-16-26(2)12-11-25(19,15-23(22)27(3)24(17)21)18-8-6-9-20(13-18)28-4/h5-10,13,19H,11-12,14-16H2,1-4H3. The van der Waals surface area contributed by atoms with Gasteiger partial charge >= 0.3 is 0 Å². The Bertz CT molecular complexity index is 1050. The first-order valence-electron chi connectivity index (χ1n) is 10.4. The molecule has 2 aromatic carbocycles. The van der Waals surface area contributed by atoms with Crippen LogP contribution in [0, 0.1) is 12.8 Å². The van der Waals surface area contributed by atoms with Crippen LogP contribution >= 0.6 is 0 Å². The van der Waals surface area contributed by atoms with Crippen molar-refractivity contribution in [1.29, 1.82) is 0 Å². The van der Waals surface area contributed by atoms with Gasteiger partial charge in [-0.05, 0) is 74.5 Å². The van der Waals surface area contributed by atoms with Crippen LogP contribution < -0.4 is 4.74 Å². The highest BCUT2D eigenvalue weighted by Crippen LogP contribution is 2.50. The second-order valence-corrected chi connectivity index (χ2v) is 8.93. The lowest BCUT2D eigenvalue weighted by Gasteiger charge is -2.50. The second-order valence-electron chi connectivity index (χ2n) is 8.93. The molecule has 2 heterocycles. The number of para-hydroxylation sites is 1. The molecule has 0 saturated carbocycles. The van der Waals surface area contributed by atoms with Crippen molar-refractivity contribution in [3.05, 3.63) is 64.8 Å². The van der Waals surface area contributed by atoms with Gasteiger partial charge in [0.25, 0.3) is 0 Å². The van der Waals surface area contributed by atoms with Gasteiger partial charge in [-0.1, -0.05) is 30.3 Å². The SMILES string of the molecule is COc1cccc(C23CCN(C)CC2Cc2c(n(C)c4c(C)cccc24)C3)c1. The number of nitrogens with zero attached hydrogens (tertiary/aromatic N) is 2. The second kappa shape index (κ2) is 6.38. The predicted octanol–water partition coefficient (Wildman–Crippen LogP) is 4.48. The molecular formula is C25H30N2O. The van der Waals surface area contributed by atoms with Crippen molar-refractivity contribution in [3.63, 3.8) is 0 Å². The van der Waals surface area contributed by atoms with Crippen molar-refractivity contribution in [2.24, 2.45) is 13.0 Å². The van der Waals surface area contributed by atoms with Crippen LogP contribution in [0.1, 0.15) is 28.8 Å². The van der Waals surface area contributed by atoms with Crippen LogP contribution in [0.4, 0.5) is 0 Å². The van der Waals surface area contributed by atoms with Crippen molar-refractivity contribution in [1.82, 2.24) is 9.47 Å². The minimum absolute atomic E-state index is 0.199. The molecule has 2 aliphatic rings. The summed E-state index contributed by atoms with van der Waals surface area (Å²) in [5.74, 6) is 1.61. The molecule has 0 spiro atoms. The largest absolute Gasteiger partial charge is 0.497 e. The lowest BCUT2D eigenvalue weighted by Crippen LogP contribution is -2.53. The zero-order valence-electron chi connectivity index (χ0n) is 17.5. The summed E-state index contributed by atoms with van der Waals surface area (Å²) in [5, 5.41) is 1.46. The predicted molar refractivity (Wildman–Crippen MR) is 115 cm³/mol. The van der Waals surface area contributed by atoms with Crippen LogP contribution in [0.5, 0.6) is 5.75 Å². The normalized spacial score (nSPS) is 24.8. The van der Waals surface area contributed by atoms with Gasteiger partial charge in [0.2, 0.25) is 0 Å². The third-order valence-corrected chi connectivity index (χ3v) is 7.48. The molecule has 1 saturated heterocycles. The van der Waals surface area contributed by atoms with E-state index in [9.17, 15) is 0 Å². The number of piperidine rings is 1. The van der Waals surface area contributed by atoms with Gasteiger partial charge in [-0.2, -0.15) is 0 Å². The molecule has 1 aliphatic heterocycles. The molecule has 3 aromatic rings. The first-order valence-corrected chi connectivity index (χ1v) is 10.4. The molecule has 28 heavy (non-hydrogen) atoms. The van der Waals surface area contributed by atoms with E-state index < -0.39 is 0 Å². The van der Waals surface area contributed by atoms with Gasteiger partial charge in [0.05, 0.1) is 12.6 Å². The molecule has 2 atom stereocenters. The number of rotatable bonds is 2. The average molecular weight is 375 g/mol. The van der Waals surface area contributed by atoms with Crippen molar-refractivity contribution in [2.75, 3.05) is 27.2 Å². The van der Waals surface area contributed by atoms with Crippen molar-refractivity contribution >= 4 is 10.9 Å². The van der Waals surface area contributed by atoms with Gasteiger partial charge < -0.3 is 14.2 Å². The lowest BCUT2D eigenvalue weighted by molar-refractivity contribution is 0.0985. The monoisotopic (exact) mass is 374 g/mol. The summed E-state index contributed by atoms with van der Waals surface area (Å²) >= 11 is 0. The summed E-state index contributed by atoms with van der Waals surface area (Å²) in [6.45, 7) is 4.57. The third-order valence-electron chi connectivity index (χ3n) is 7.48. The summed E-state index contributed by atoms with van der Waals surface area (Å²) in [7, 11) is 6.32. The number of fused-ring (bicyclic) bond motifs is 4. The molecule has 3 heteroatoms. The number of ether oxygens (including phenoxy) is 1. The summed E-state index contributed by atoms with van der Waals surface area (Å²) in [4.78, 5) is 2.52. The maximum atomic E-state index is 5.58.